The van der Waals surface area contributed by atoms with Crippen molar-refractivity contribution >= 4 is 17.3 Å². The molecule has 0 radical (unpaired) electrons. The van der Waals surface area contributed by atoms with E-state index in [1.165, 1.54) is 46.3 Å². The fourth-order valence-electron chi connectivity index (χ4n) is 5.99. The van der Waals surface area contributed by atoms with Crippen molar-refractivity contribution in [2.45, 2.75) is 96.3 Å². The van der Waals surface area contributed by atoms with E-state index in [2.05, 4.69) is 12.2 Å². The van der Waals surface area contributed by atoms with Crippen LogP contribution in [0.2, 0.25) is 0 Å². The van der Waals surface area contributed by atoms with E-state index in [0.29, 0.717) is 54.0 Å². The number of aliphatic hydroxyl groups excluding tert-OH is 1. The predicted octanol–water partition coefficient (Wildman–Crippen LogP) is 6.54. The van der Waals surface area contributed by atoms with Gasteiger partial charge in [0.05, 0.1) is 19.9 Å². The van der Waals surface area contributed by atoms with Crippen LogP contribution in [0, 0.1) is 0 Å². The van der Waals surface area contributed by atoms with Gasteiger partial charge in [-0.15, -0.1) is 0 Å². The van der Waals surface area contributed by atoms with E-state index in [-0.39, 0.29) is 28.4 Å². The minimum absolute atomic E-state index is 0.0562. The summed E-state index contributed by atoms with van der Waals surface area (Å²) in [5, 5.41) is 14.5. The third-order valence-corrected chi connectivity index (χ3v) is 8.10. The molecule has 4 rings (SSSR count). The van der Waals surface area contributed by atoms with Gasteiger partial charge in [-0.2, -0.15) is 0 Å². The van der Waals surface area contributed by atoms with Crippen molar-refractivity contribution in [2.24, 2.45) is 0 Å². The number of dihydropyridines is 1. The number of unbranched alkanes of at least 4 members (excludes halogenated alkanes) is 8. The Bertz CT molecular complexity index is 1220. The zero-order chi connectivity index (χ0) is 27.9. The van der Waals surface area contributed by atoms with E-state index < -0.39 is 17.5 Å². The smallest absolute Gasteiger partial charge is 0.233 e. The van der Waals surface area contributed by atoms with Crippen molar-refractivity contribution in [3.63, 3.8) is 0 Å². The molecule has 0 saturated heterocycles. The van der Waals surface area contributed by atoms with Crippen LogP contribution in [0.25, 0.3) is 0 Å². The maximum Gasteiger partial charge on any atom is 0.233 e. The number of hydrogen-bond donors (Lipinski definition) is 2. The first kappa shape index (κ1) is 28.7. The lowest BCUT2D eigenvalue weighted by molar-refractivity contribution is -0.132. The Labute approximate surface area is 231 Å². The maximum absolute atomic E-state index is 13.6. The largest absolute Gasteiger partial charge is 0.505 e. The van der Waals surface area contributed by atoms with E-state index in [4.69, 9.17) is 9.47 Å². The molecule has 0 spiro atoms. The van der Waals surface area contributed by atoms with Gasteiger partial charge in [-0.1, -0.05) is 64.4 Å². The van der Waals surface area contributed by atoms with Gasteiger partial charge in [0.25, 0.3) is 0 Å². The molecule has 1 heterocycles. The first-order valence-corrected chi connectivity index (χ1v) is 14.4. The van der Waals surface area contributed by atoms with Crippen LogP contribution in [0.1, 0.15) is 102 Å². The molecule has 1 aromatic rings. The molecule has 0 fully saturated rings. The summed E-state index contributed by atoms with van der Waals surface area (Å²) >= 11 is 0. The number of methoxy groups -OCH3 is 2. The number of carbonyl (C=O) groups excluding carboxylic acids is 3. The Kier molecular flexibility index (Phi) is 9.65. The number of benzene rings is 1. The molecule has 1 aliphatic heterocycles. The zero-order valence-corrected chi connectivity index (χ0v) is 23.5. The summed E-state index contributed by atoms with van der Waals surface area (Å²) in [4.78, 5) is 40.1. The predicted molar refractivity (Wildman–Crippen MR) is 150 cm³/mol. The summed E-state index contributed by atoms with van der Waals surface area (Å²) in [6, 6.07) is 5.25. The Morgan fingerprint density at radius 1 is 0.846 bits per heavy atom. The van der Waals surface area contributed by atoms with Crippen molar-refractivity contribution in [2.75, 3.05) is 14.2 Å². The molecular formula is C32H41NO6. The van der Waals surface area contributed by atoms with E-state index in [9.17, 15) is 19.5 Å². The fourth-order valence-corrected chi connectivity index (χ4v) is 5.99. The number of ether oxygens (including phenoxy) is 2. The second-order valence-electron chi connectivity index (χ2n) is 10.7. The molecule has 7 heteroatoms. The van der Waals surface area contributed by atoms with Gasteiger partial charge in [0.1, 0.15) is 5.76 Å². The molecule has 1 unspecified atom stereocenters. The first-order valence-electron chi connectivity index (χ1n) is 14.4. The summed E-state index contributed by atoms with van der Waals surface area (Å²) in [7, 11) is 3.06. The first-order chi connectivity index (χ1) is 18.9. The lowest BCUT2D eigenvalue weighted by Crippen LogP contribution is -2.40. The average molecular weight is 536 g/mol. The van der Waals surface area contributed by atoms with Gasteiger partial charge < -0.3 is 19.9 Å². The number of ketones is 3. The molecule has 0 bridgehead atoms. The Morgan fingerprint density at radius 2 is 1.51 bits per heavy atom. The second kappa shape index (κ2) is 13.1. The van der Waals surface area contributed by atoms with Crippen LogP contribution in [-0.2, 0) is 14.4 Å². The third-order valence-electron chi connectivity index (χ3n) is 8.10. The molecule has 0 aromatic heterocycles. The Morgan fingerprint density at radius 3 is 2.18 bits per heavy atom. The van der Waals surface area contributed by atoms with Gasteiger partial charge in [0.15, 0.2) is 17.3 Å². The van der Waals surface area contributed by atoms with Crippen molar-refractivity contribution in [1.82, 2.24) is 5.32 Å². The molecule has 3 aliphatic rings. The highest BCUT2D eigenvalue weighted by Crippen LogP contribution is 2.47. The average Bonchev–Trinajstić information content (AvgIpc) is 2.95. The maximum atomic E-state index is 13.6. The summed E-state index contributed by atoms with van der Waals surface area (Å²) in [6.07, 6.45) is 12.3. The molecule has 1 aromatic carbocycles. The molecule has 7 nitrogen and oxygen atoms in total. The van der Waals surface area contributed by atoms with Crippen molar-refractivity contribution in [3.05, 3.63) is 57.6 Å². The number of allylic oxidation sites excluding steroid dienone is 4. The van der Waals surface area contributed by atoms with Crippen LogP contribution in [0.3, 0.4) is 0 Å². The van der Waals surface area contributed by atoms with Gasteiger partial charge in [0, 0.05) is 34.8 Å². The number of carbonyl (C=O) groups is 3. The lowest BCUT2D eigenvalue weighted by Gasteiger charge is -2.37. The Balaban J connectivity index is 1.61. The number of nitrogens with one attached hydrogen (secondary N) is 1. The highest BCUT2D eigenvalue weighted by atomic mass is 16.5. The van der Waals surface area contributed by atoms with Crippen LogP contribution in [0.5, 0.6) is 11.5 Å². The van der Waals surface area contributed by atoms with Crippen LogP contribution >= 0.6 is 0 Å². The monoisotopic (exact) mass is 535 g/mol. The fraction of sp³-hybridized carbons (Fsp3) is 0.531. The van der Waals surface area contributed by atoms with E-state index in [0.717, 1.165) is 25.7 Å². The summed E-state index contributed by atoms with van der Waals surface area (Å²) in [6.45, 7) is 2.21. The van der Waals surface area contributed by atoms with Crippen molar-refractivity contribution < 1.29 is 29.0 Å². The number of aliphatic hydroxyl groups is 1. The van der Waals surface area contributed by atoms with Crippen LogP contribution in [0.15, 0.2) is 52.1 Å². The number of hydrogen-bond acceptors (Lipinski definition) is 7. The summed E-state index contributed by atoms with van der Waals surface area (Å²) in [5.41, 5.74) is 2.41. The Hall–Kier alpha value is -3.35. The SMILES string of the molecule is CCCCCCCCCCCC1=C(O)C2=C(C(=O)C1=O)C(c1ccc(OC)c(OC)c1)C1=C(CCCC1=O)N2. The van der Waals surface area contributed by atoms with Gasteiger partial charge in [-0.05, 0) is 43.4 Å². The summed E-state index contributed by atoms with van der Waals surface area (Å²) < 4.78 is 10.9. The van der Waals surface area contributed by atoms with Crippen LogP contribution in [0.4, 0.5) is 0 Å². The molecule has 39 heavy (non-hydrogen) atoms. The summed E-state index contributed by atoms with van der Waals surface area (Å²) in [5.74, 6) is -1.34. The standard InChI is InChI=1S/C32H41NO6/c1-4-5-6-7-8-9-10-11-12-14-21-30(35)29-28(32(37)31(21)36)26(27-22(33-29)15-13-16-23(27)34)20-17-18-24(38-2)25(19-20)39-3/h17-19,26,33,35H,4-16H2,1-3H3. The molecule has 0 saturated carbocycles. The number of Topliss-reactive ketones (excluding diaryl/α,β-unsaturated/α-hetero) is 3. The molecule has 2 N–H and O–H groups in total. The molecular weight excluding hydrogens is 494 g/mol. The molecule has 2 aliphatic carbocycles. The van der Waals surface area contributed by atoms with Crippen molar-refractivity contribution in [1.29, 1.82) is 0 Å². The van der Waals surface area contributed by atoms with Crippen LogP contribution < -0.4 is 14.8 Å². The second-order valence-corrected chi connectivity index (χ2v) is 10.7. The minimum Gasteiger partial charge on any atom is -0.505 e. The molecule has 0 amide bonds. The van der Waals surface area contributed by atoms with Crippen LogP contribution in [-0.4, -0.2) is 36.7 Å². The highest BCUT2D eigenvalue weighted by Gasteiger charge is 2.45. The van der Waals surface area contributed by atoms with Gasteiger partial charge in [0.2, 0.25) is 11.6 Å². The van der Waals surface area contributed by atoms with Gasteiger partial charge in [-0.3, -0.25) is 14.4 Å². The zero-order valence-electron chi connectivity index (χ0n) is 23.5. The lowest BCUT2D eigenvalue weighted by atomic mass is 9.71. The van der Waals surface area contributed by atoms with E-state index >= 15 is 0 Å². The van der Waals surface area contributed by atoms with Gasteiger partial charge >= 0.3 is 0 Å². The molecule has 1 atom stereocenters. The van der Waals surface area contributed by atoms with Crippen molar-refractivity contribution in [3.8, 4) is 11.5 Å². The number of rotatable bonds is 13. The highest BCUT2D eigenvalue weighted by molar-refractivity contribution is 6.50. The van der Waals surface area contributed by atoms with E-state index in [1.54, 1.807) is 18.2 Å². The quantitative estimate of drug-likeness (QED) is 0.168. The van der Waals surface area contributed by atoms with Gasteiger partial charge in [-0.25, -0.2) is 0 Å². The third kappa shape index (κ3) is 5.97. The normalized spacial score (nSPS) is 19.3. The molecule has 210 valence electrons. The topological polar surface area (TPSA) is 102 Å². The van der Waals surface area contributed by atoms with E-state index in [1.807, 2.05) is 0 Å². The minimum atomic E-state index is -0.767.